The van der Waals surface area contributed by atoms with E-state index < -0.39 is 11.9 Å². The summed E-state index contributed by atoms with van der Waals surface area (Å²) in [5.74, 6) is -1.20. The maximum atomic E-state index is 10.7. The van der Waals surface area contributed by atoms with Crippen LogP contribution in [-0.4, -0.2) is 53.3 Å². The number of aryl methyl sites for hydroxylation is 1. The number of hydrogen-bond acceptors (Lipinski definition) is 4. The zero-order valence-corrected chi connectivity index (χ0v) is 11.4. The fourth-order valence-corrected chi connectivity index (χ4v) is 1.71. The Labute approximate surface area is 117 Å². The largest absolute Gasteiger partial charge is 0.492 e. The Morgan fingerprint density at radius 1 is 1.20 bits per heavy atom. The molecule has 0 fully saturated rings. The number of hydrogen-bond donors (Lipinski definition) is 2. The Morgan fingerprint density at radius 3 is 2.55 bits per heavy atom. The van der Waals surface area contributed by atoms with Gasteiger partial charge in [0.2, 0.25) is 0 Å². The fraction of sp³-hybridized carbons (Fsp3) is 0.429. The van der Waals surface area contributed by atoms with Gasteiger partial charge in [0, 0.05) is 13.1 Å². The second-order valence-corrected chi connectivity index (χ2v) is 4.48. The lowest BCUT2D eigenvalue weighted by atomic mass is 10.2. The average molecular weight is 281 g/mol. The number of carbonyl (C=O) groups is 2. The van der Waals surface area contributed by atoms with Crippen molar-refractivity contribution in [3.8, 4) is 5.75 Å². The van der Waals surface area contributed by atoms with Crippen molar-refractivity contribution < 1.29 is 24.5 Å². The molecule has 0 radical (unpaired) electrons. The number of nitrogens with zero attached hydrogens (tertiary/aromatic N) is 1. The standard InChI is InChI=1S/C14H19NO5/c1-11-3-2-4-12(9-11)20-8-7-15(10-14(18)19)6-5-13(16)17/h2-4,9H,5-8,10H2,1H3,(H,16,17)(H,18,19). The van der Waals surface area contributed by atoms with Crippen LogP contribution in [0.1, 0.15) is 12.0 Å². The van der Waals surface area contributed by atoms with E-state index in [1.54, 1.807) is 4.90 Å². The van der Waals surface area contributed by atoms with Crippen molar-refractivity contribution in [3.63, 3.8) is 0 Å². The topological polar surface area (TPSA) is 87.1 Å². The van der Waals surface area contributed by atoms with Gasteiger partial charge in [0.05, 0.1) is 13.0 Å². The summed E-state index contributed by atoms with van der Waals surface area (Å²) >= 11 is 0. The summed E-state index contributed by atoms with van der Waals surface area (Å²) in [5, 5.41) is 17.4. The van der Waals surface area contributed by atoms with E-state index in [0.29, 0.717) is 13.2 Å². The molecule has 0 spiro atoms. The van der Waals surface area contributed by atoms with E-state index in [2.05, 4.69) is 0 Å². The SMILES string of the molecule is Cc1cccc(OCCN(CCC(=O)O)CC(=O)O)c1. The molecule has 6 heteroatoms. The van der Waals surface area contributed by atoms with Gasteiger partial charge < -0.3 is 14.9 Å². The van der Waals surface area contributed by atoms with Crippen LogP contribution in [0.2, 0.25) is 0 Å². The highest BCUT2D eigenvalue weighted by molar-refractivity contribution is 5.69. The highest BCUT2D eigenvalue weighted by Crippen LogP contribution is 2.12. The third kappa shape index (κ3) is 6.75. The van der Waals surface area contributed by atoms with Crippen LogP contribution in [0, 0.1) is 6.92 Å². The van der Waals surface area contributed by atoms with Crippen molar-refractivity contribution in [1.29, 1.82) is 0 Å². The van der Waals surface area contributed by atoms with Crippen LogP contribution in [0.15, 0.2) is 24.3 Å². The monoisotopic (exact) mass is 281 g/mol. The highest BCUT2D eigenvalue weighted by Gasteiger charge is 2.11. The van der Waals surface area contributed by atoms with Crippen LogP contribution in [0.25, 0.3) is 0 Å². The maximum Gasteiger partial charge on any atom is 0.317 e. The number of carboxylic acid groups (broad SMARTS) is 2. The summed E-state index contributed by atoms with van der Waals surface area (Å²) in [5.41, 5.74) is 1.08. The third-order valence-electron chi connectivity index (χ3n) is 2.67. The van der Waals surface area contributed by atoms with E-state index >= 15 is 0 Å². The molecule has 1 rings (SSSR count). The number of benzene rings is 1. The minimum Gasteiger partial charge on any atom is -0.492 e. The highest BCUT2D eigenvalue weighted by atomic mass is 16.5. The van der Waals surface area contributed by atoms with Gasteiger partial charge in [-0.05, 0) is 24.6 Å². The molecule has 0 amide bonds. The van der Waals surface area contributed by atoms with Gasteiger partial charge in [-0.1, -0.05) is 12.1 Å². The number of aliphatic carboxylic acids is 2. The van der Waals surface area contributed by atoms with E-state index in [1.807, 2.05) is 31.2 Å². The van der Waals surface area contributed by atoms with E-state index in [1.165, 1.54) is 0 Å². The predicted octanol–water partition coefficient (Wildman–Crippen LogP) is 1.24. The number of carboxylic acids is 2. The maximum absolute atomic E-state index is 10.7. The second kappa shape index (κ2) is 8.16. The molecule has 1 aromatic carbocycles. The van der Waals surface area contributed by atoms with Crippen molar-refractivity contribution in [3.05, 3.63) is 29.8 Å². The summed E-state index contributed by atoms with van der Waals surface area (Å²) in [7, 11) is 0. The average Bonchev–Trinajstić information content (AvgIpc) is 2.35. The molecule has 0 atom stereocenters. The quantitative estimate of drug-likeness (QED) is 0.708. The Hall–Kier alpha value is -2.08. The normalized spacial score (nSPS) is 10.5. The molecule has 0 unspecified atom stereocenters. The number of rotatable bonds is 9. The van der Waals surface area contributed by atoms with Gasteiger partial charge in [-0.25, -0.2) is 0 Å². The van der Waals surface area contributed by atoms with Gasteiger partial charge in [0.1, 0.15) is 12.4 Å². The van der Waals surface area contributed by atoms with Crippen molar-refractivity contribution >= 4 is 11.9 Å². The van der Waals surface area contributed by atoms with Crippen LogP contribution in [0.5, 0.6) is 5.75 Å². The first-order valence-corrected chi connectivity index (χ1v) is 6.33. The smallest absolute Gasteiger partial charge is 0.317 e. The predicted molar refractivity (Wildman–Crippen MR) is 73.0 cm³/mol. The Kier molecular flexibility index (Phi) is 6.52. The van der Waals surface area contributed by atoms with E-state index in [4.69, 9.17) is 14.9 Å². The molecule has 0 aliphatic heterocycles. The van der Waals surface area contributed by atoms with Gasteiger partial charge in [0.25, 0.3) is 0 Å². The zero-order chi connectivity index (χ0) is 15.0. The van der Waals surface area contributed by atoms with Crippen molar-refractivity contribution in [2.24, 2.45) is 0 Å². The van der Waals surface area contributed by atoms with Crippen LogP contribution >= 0.6 is 0 Å². The van der Waals surface area contributed by atoms with Gasteiger partial charge >= 0.3 is 11.9 Å². The first-order valence-electron chi connectivity index (χ1n) is 6.33. The van der Waals surface area contributed by atoms with Crippen LogP contribution < -0.4 is 4.74 Å². The zero-order valence-electron chi connectivity index (χ0n) is 11.4. The van der Waals surface area contributed by atoms with Crippen LogP contribution in [0.4, 0.5) is 0 Å². The minimum atomic E-state index is -0.981. The van der Waals surface area contributed by atoms with Crippen LogP contribution in [-0.2, 0) is 9.59 Å². The fourth-order valence-electron chi connectivity index (χ4n) is 1.71. The van der Waals surface area contributed by atoms with E-state index in [-0.39, 0.29) is 19.5 Å². The van der Waals surface area contributed by atoms with Gasteiger partial charge in [-0.15, -0.1) is 0 Å². The molecule has 0 aliphatic carbocycles. The molecule has 20 heavy (non-hydrogen) atoms. The molecule has 2 N–H and O–H groups in total. The molecule has 0 bridgehead atoms. The van der Waals surface area contributed by atoms with Crippen molar-refractivity contribution in [2.45, 2.75) is 13.3 Å². The molecular weight excluding hydrogens is 262 g/mol. The third-order valence-corrected chi connectivity index (χ3v) is 2.67. The molecule has 0 aromatic heterocycles. The minimum absolute atomic E-state index is 0.0856. The number of ether oxygens (including phenoxy) is 1. The summed E-state index contributed by atoms with van der Waals surface area (Å²) in [4.78, 5) is 22.8. The van der Waals surface area contributed by atoms with Crippen molar-refractivity contribution in [1.82, 2.24) is 4.90 Å². The Balaban J connectivity index is 2.40. The Morgan fingerprint density at radius 2 is 1.95 bits per heavy atom. The molecule has 0 saturated carbocycles. The van der Waals surface area contributed by atoms with Crippen molar-refractivity contribution in [2.75, 3.05) is 26.2 Å². The molecule has 6 nitrogen and oxygen atoms in total. The summed E-state index contributed by atoms with van der Waals surface area (Å²) in [6.07, 6.45) is -0.0856. The lowest BCUT2D eigenvalue weighted by Gasteiger charge is -2.19. The molecular formula is C14H19NO5. The molecule has 0 saturated heterocycles. The molecule has 0 heterocycles. The first kappa shape index (κ1) is 16.0. The Bertz CT molecular complexity index is 461. The molecule has 0 aliphatic rings. The van der Waals surface area contributed by atoms with E-state index in [9.17, 15) is 9.59 Å². The second-order valence-electron chi connectivity index (χ2n) is 4.48. The lowest BCUT2D eigenvalue weighted by molar-refractivity contribution is -0.141. The first-order chi connectivity index (χ1) is 9.47. The lowest BCUT2D eigenvalue weighted by Crippen LogP contribution is -2.35. The van der Waals surface area contributed by atoms with Crippen LogP contribution in [0.3, 0.4) is 0 Å². The molecule has 110 valence electrons. The van der Waals surface area contributed by atoms with Gasteiger partial charge in [-0.3, -0.25) is 14.5 Å². The summed E-state index contributed by atoms with van der Waals surface area (Å²) < 4.78 is 5.52. The summed E-state index contributed by atoms with van der Waals surface area (Å²) in [6.45, 7) is 2.64. The van der Waals surface area contributed by atoms with Gasteiger partial charge in [0.15, 0.2) is 0 Å². The van der Waals surface area contributed by atoms with E-state index in [0.717, 1.165) is 11.3 Å². The molecule has 1 aromatic rings. The van der Waals surface area contributed by atoms with Gasteiger partial charge in [-0.2, -0.15) is 0 Å². The summed E-state index contributed by atoms with van der Waals surface area (Å²) in [6, 6.07) is 7.55.